The molecule has 1 aliphatic rings. The zero-order valence-electron chi connectivity index (χ0n) is 12.7. The van der Waals surface area contributed by atoms with Crippen LogP contribution in [0.1, 0.15) is 5.56 Å². The molecule has 1 fully saturated rings. The van der Waals surface area contributed by atoms with Gasteiger partial charge in [0.2, 0.25) is 0 Å². The van der Waals surface area contributed by atoms with Gasteiger partial charge in [-0.05, 0) is 47.7 Å². The van der Waals surface area contributed by atoms with Gasteiger partial charge in [0.1, 0.15) is 0 Å². The molecule has 2 aromatic rings. The third-order valence-electron chi connectivity index (χ3n) is 3.23. The summed E-state index contributed by atoms with van der Waals surface area (Å²) in [5, 5.41) is 0.613. The van der Waals surface area contributed by atoms with E-state index < -0.39 is 0 Å². The molecule has 0 saturated carbocycles. The number of carbonyl (C=O) groups is 1. The number of benzene rings is 1. The van der Waals surface area contributed by atoms with Crippen molar-refractivity contribution in [2.24, 2.45) is 4.99 Å². The summed E-state index contributed by atoms with van der Waals surface area (Å²) in [7, 11) is 0. The Balaban J connectivity index is 1.93. The minimum absolute atomic E-state index is 0.0718. The molecule has 1 saturated heterocycles. The number of hydrogen-bond donors (Lipinski definition) is 0. The normalized spacial score (nSPS) is 17.7. The molecule has 2 heterocycles. The van der Waals surface area contributed by atoms with Crippen molar-refractivity contribution in [3.63, 3.8) is 0 Å². The van der Waals surface area contributed by atoms with Crippen LogP contribution < -0.4 is 0 Å². The summed E-state index contributed by atoms with van der Waals surface area (Å²) in [6.45, 7) is 4.13. The van der Waals surface area contributed by atoms with Gasteiger partial charge in [-0.25, -0.2) is 9.98 Å². The van der Waals surface area contributed by atoms with E-state index in [0.717, 1.165) is 10.0 Å². The Labute approximate surface area is 153 Å². The first-order chi connectivity index (χ1) is 11.7. The number of pyridine rings is 1. The average molecular weight is 400 g/mol. The Bertz CT molecular complexity index is 816. The minimum Gasteiger partial charge on any atom is -0.282 e. The van der Waals surface area contributed by atoms with Gasteiger partial charge in [0.25, 0.3) is 5.91 Å². The van der Waals surface area contributed by atoms with Crippen LogP contribution in [0.25, 0.3) is 6.08 Å². The maximum atomic E-state index is 12.6. The smallest absolute Gasteiger partial charge is 0.267 e. The minimum atomic E-state index is -0.0718. The van der Waals surface area contributed by atoms with Crippen molar-refractivity contribution in [3.05, 3.63) is 76.3 Å². The van der Waals surface area contributed by atoms with Crippen LogP contribution in [0.2, 0.25) is 0 Å². The number of amides is 1. The fourth-order valence-electron chi connectivity index (χ4n) is 2.11. The van der Waals surface area contributed by atoms with Crippen LogP contribution in [-0.4, -0.2) is 27.5 Å². The van der Waals surface area contributed by atoms with Crippen LogP contribution in [0.5, 0.6) is 0 Å². The second-order valence-corrected chi connectivity index (χ2v) is 6.87. The molecule has 1 aromatic heterocycles. The molecule has 1 aromatic carbocycles. The number of hydrogen-bond acceptors (Lipinski definition) is 4. The van der Waals surface area contributed by atoms with Gasteiger partial charge >= 0.3 is 0 Å². The molecular weight excluding hydrogens is 386 g/mol. The maximum Gasteiger partial charge on any atom is 0.267 e. The largest absolute Gasteiger partial charge is 0.282 e. The second-order valence-electron chi connectivity index (χ2n) is 4.95. The molecule has 0 N–H and O–H groups in total. The van der Waals surface area contributed by atoms with Gasteiger partial charge in [-0.2, -0.15) is 0 Å². The number of carbonyl (C=O) groups excluding carboxylic acids is 1. The lowest BCUT2D eigenvalue weighted by Gasteiger charge is -2.12. The number of amidine groups is 1. The maximum absolute atomic E-state index is 12.6. The van der Waals surface area contributed by atoms with E-state index in [-0.39, 0.29) is 5.91 Å². The average Bonchev–Trinajstić information content (AvgIpc) is 2.87. The number of rotatable bonds is 4. The van der Waals surface area contributed by atoms with E-state index >= 15 is 0 Å². The van der Waals surface area contributed by atoms with Crippen LogP contribution in [0.15, 0.2) is 75.7 Å². The fourth-order valence-corrected chi connectivity index (χ4v) is 3.37. The molecule has 0 aliphatic carbocycles. The topological polar surface area (TPSA) is 45.6 Å². The molecule has 0 atom stereocenters. The number of halogens is 1. The fraction of sp³-hybridized carbons (Fsp3) is 0.0556. The highest BCUT2D eigenvalue weighted by Gasteiger charge is 2.32. The molecule has 24 heavy (non-hydrogen) atoms. The third-order valence-corrected chi connectivity index (χ3v) is 4.76. The van der Waals surface area contributed by atoms with E-state index in [9.17, 15) is 4.79 Å². The Hall–Kier alpha value is -2.18. The number of aliphatic imine (C=N–C) groups is 1. The second kappa shape index (κ2) is 7.59. The van der Waals surface area contributed by atoms with E-state index in [1.165, 1.54) is 11.8 Å². The van der Waals surface area contributed by atoms with Crippen LogP contribution in [0.4, 0.5) is 5.82 Å². The van der Waals surface area contributed by atoms with Gasteiger partial charge in [-0.1, -0.05) is 40.2 Å². The summed E-state index contributed by atoms with van der Waals surface area (Å²) in [5.74, 6) is 0.504. The molecule has 0 unspecified atom stereocenters. The predicted octanol–water partition coefficient (Wildman–Crippen LogP) is 4.63. The Morgan fingerprint density at radius 2 is 2.04 bits per heavy atom. The molecule has 0 spiro atoms. The summed E-state index contributed by atoms with van der Waals surface area (Å²) >= 11 is 4.76. The number of thioether (sulfide) groups is 1. The highest BCUT2D eigenvalue weighted by atomic mass is 79.9. The Morgan fingerprint density at radius 3 is 2.71 bits per heavy atom. The van der Waals surface area contributed by atoms with Crippen LogP contribution >= 0.6 is 27.7 Å². The van der Waals surface area contributed by atoms with Crippen molar-refractivity contribution in [3.8, 4) is 0 Å². The molecule has 0 bridgehead atoms. The van der Waals surface area contributed by atoms with E-state index in [1.807, 2.05) is 42.5 Å². The highest BCUT2D eigenvalue weighted by Crippen LogP contribution is 2.33. The van der Waals surface area contributed by atoms with E-state index in [1.54, 1.807) is 23.2 Å². The van der Waals surface area contributed by atoms with Gasteiger partial charge < -0.3 is 0 Å². The molecule has 3 rings (SSSR count). The zero-order chi connectivity index (χ0) is 16.9. The molecule has 1 aliphatic heterocycles. The van der Waals surface area contributed by atoms with Crippen molar-refractivity contribution in [1.82, 2.24) is 9.88 Å². The quantitative estimate of drug-likeness (QED) is 0.555. The van der Waals surface area contributed by atoms with Crippen molar-refractivity contribution in [2.45, 2.75) is 0 Å². The molecule has 4 nitrogen and oxygen atoms in total. The summed E-state index contributed by atoms with van der Waals surface area (Å²) in [4.78, 5) is 23.6. The summed E-state index contributed by atoms with van der Waals surface area (Å²) in [6, 6.07) is 13.3. The first-order valence-electron chi connectivity index (χ1n) is 7.25. The summed E-state index contributed by atoms with van der Waals surface area (Å²) in [5.41, 5.74) is 0.965. The number of nitrogens with zero attached hydrogens (tertiary/aromatic N) is 3. The number of aromatic nitrogens is 1. The van der Waals surface area contributed by atoms with E-state index in [2.05, 4.69) is 32.5 Å². The predicted molar refractivity (Wildman–Crippen MR) is 103 cm³/mol. The third kappa shape index (κ3) is 3.83. The lowest BCUT2D eigenvalue weighted by atomic mass is 10.2. The van der Waals surface area contributed by atoms with E-state index in [4.69, 9.17) is 0 Å². The van der Waals surface area contributed by atoms with Gasteiger partial charge in [-0.3, -0.25) is 9.69 Å². The van der Waals surface area contributed by atoms with Gasteiger partial charge in [0, 0.05) is 17.2 Å². The summed E-state index contributed by atoms with van der Waals surface area (Å²) in [6.07, 6.45) is 5.24. The molecular formula is C18H14BrN3OS. The molecule has 120 valence electrons. The Morgan fingerprint density at radius 1 is 1.25 bits per heavy atom. The summed E-state index contributed by atoms with van der Waals surface area (Å²) < 4.78 is 1.00. The van der Waals surface area contributed by atoms with Crippen LogP contribution in [0.3, 0.4) is 0 Å². The standard InChI is InChI=1S/C18H14BrN3OS/c1-2-11-22-17(23)15(12-13-6-8-14(19)9-7-13)24-18(22)21-16-5-3-4-10-20-16/h2-10,12H,1,11H2/b15-12-,21-18+. The van der Waals surface area contributed by atoms with Gasteiger partial charge in [-0.15, -0.1) is 6.58 Å². The monoisotopic (exact) mass is 399 g/mol. The van der Waals surface area contributed by atoms with Crippen molar-refractivity contribution in [1.29, 1.82) is 0 Å². The van der Waals surface area contributed by atoms with E-state index in [0.29, 0.717) is 22.4 Å². The van der Waals surface area contributed by atoms with Crippen LogP contribution in [0, 0.1) is 0 Å². The molecule has 6 heteroatoms. The van der Waals surface area contributed by atoms with Crippen molar-refractivity contribution < 1.29 is 4.79 Å². The van der Waals surface area contributed by atoms with Gasteiger partial charge in [0.15, 0.2) is 11.0 Å². The lowest BCUT2D eigenvalue weighted by Crippen LogP contribution is -2.29. The first-order valence-corrected chi connectivity index (χ1v) is 8.86. The van der Waals surface area contributed by atoms with Crippen molar-refractivity contribution in [2.75, 3.05) is 6.54 Å². The SMILES string of the molecule is C=CCN1C(=O)/C(=C/c2ccc(Br)cc2)S/C1=N/c1ccccn1. The highest BCUT2D eigenvalue weighted by molar-refractivity contribution is 9.10. The van der Waals surface area contributed by atoms with Crippen LogP contribution in [-0.2, 0) is 4.79 Å². The molecule has 0 radical (unpaired) electrons. The molecule has 1 amide bonds. The van der Waals surface area contributed by atoms with Gasteiger partial charge in [0.05, 0.1) is 4.91 Å². The first kappa shape index (κ1) is 16.7. The van der Waals surface area contributed by atoms with Crippen molar-refractivity contribution >= 4 is 50.7 Å². The Kier molecular flexibility index (Phi) is 5.27. The zero-order valence-corrected chi connectivity index (χ0v) is 15.1. The lowest BCUT2D eigenvalue weighted by molar-refractivity contribution is -0.121.